The Morgan fingerprint density at radius 2 is 2.31 bits per heavy atom. The summed E-state index contributed by atoms with van der Waals surface area (Å²) in [6, 6.07) is 0. The minimum absolute atomic E-state index is 0.0887. The maximum Gasteiger partial charge on any atom is 0.289 e. The summed E-state index contributed by atoms with van der Waals surface area (Å²) in [6.45, 7) is 4.47. The minimum atomic E-state index is -0.251. The number of ether oxygens (including phenoxy) is 1. The van der Waals surface area contributed by atoms with Crippen molar-refractivity contribution in [2.24, 2.45) is 0 Å². The van der Waals surface area contributed by atoms with Crippen LogP contribution < -0.4 is 5.32 Å². The number of carbonyl (C=O) groups is 1. The zero-order valence-corrected chi connectivity index (χ0v) is 11.1. The average molecular weight is 291 g/mol. The first kappa shape index (κ1) is 13.2. The molecule has 1 heterocycles. The van der Waals surface area contributed by atoms with Crippen molar-refractivity contribution in [2.75, 3.05) is 20.3 Å². The number of alkyl halides is 1. The van der Waals surface area contributed by atoms with E-state index < -0.39 is 0 Å². The number of nitrogens with zero attached hydrogens (tertiary/aromatic N) is 1. The monoisotopic (exact) mass is 290 g/mol. The molecule has 0 saturated carbocycles. The van der Waals surface area contributed by atoms with Crippen LogP contribution in [0.2, 0.25) is 0 Å². The first-order valence-corrected chi connectivity index (χ1v) is 5.81. The van der Waals surface area contributed by atoms with Crippen LogP contribution in [0.5, 0.6) is 0 Å². The molecular formula is C10H15BrN2O3. The van der Waals surface area contributed by atoms with Gasteiger partial charge in [-0.2, -0.15) is 0 Å². The second kappa shape index (κ2) is 6.00. The Labute approximate surface area is 103 Å². The molecule has 0 bridgehead atoms. The lowest BCUT2D eigenvalue weighted by Crippen LogP contribution is -2.31. The first-order chi connectivity index (χ1) is 7.54. The Hall–Kier alpha value is -0.880. The maximum atomic E-state index is 11.7. The summed E-state index contributed by atoms with van der Waals surface area (Å²) in [4.78, 5) is 15.8. The quantitative estimate of drug-likeness (QED) is 0.834. The molecule has 1 unspecified atom stereocenters. The summed E-state index contributed by atoms with van der Waals surface area (Å²) in [5, 5.41) is 2.74. The second-order valence-electron chi connectivity index (χ2n) is 3.41. The normalized spacial score (nSPS) is 12.5. The van der Waals surface area contributed by atoms with E-state index >= 15 is 0 Å². The van der Waals surface area contributed by atoms with Crippen molar-refractivity contribution in [3.63, 3.8) is 0 Å². The standard InChI is InChI=1S/C10H15BrN2O3/c1-6-9(16-7(2)13-6)10(14)12-4-8(11)5-15-3/h8H,4-5H2,1-3H3,(H,12,14). The molecule has 1 rings (SSSR count). The van der Waals surface area contributed by atoms with E-state index in [0.29, 0.717) is 24.7 Å². The van der Waals surface area contributed by atoms with E-state index in [0.717, 1.165) is 0 Å². The molecule has 0 aliphatic heterocycles. The van der Waals surface area contributed by atoms with Crippen LogP contribution in [0, 0.1) is 13.8 Å². The number of rotatable bonds is 5. The second-order valence-corrected chi connectivity index (χ2v) is 4.71. The minimum Gasteiger partial charge on any atom is -0.436 e. The van der Waals surface area contributed by atoms with Crippen LogP contribution in [0.25, 0.3) is 0 Å². The number of nitrogens with one attached hydrogen (secondary N) is 1. The Balaban J connectivity index is 2.50. The van der Waals surface area contributed by atoms with E-state index in [1.54, 1.807) is 21.0 Å². The molecular weight excluding hydrogens is 276 g/mol. The predicted molar refractivity (Wildman–Crippen MR) is 62.9 cm³/mol. The van der Waals surface area contributed by atoms with Crippen LogP contribution in [0.15, 0.2) is 4.42 Å². The Morgan fingerprint density at radius 3 is 2.81 bits per heavy atom. The molecule has 0 saturated heterocycles. The van der Waals surface area contributed by atoms with Crippen LogP contribution in [0.3, 0.4) is 0 Å². The van der Waals surface area contributed by atoms with Crippen molar-refractivity contribution < 1.29 is 13.9 Å². The zero-order valence-electron chi connectivity index (χ0n) is 9.54. The van der Waals surface area contributed by atoms with E-state index in [-0.39, 0.29) is 16.5 Å². The van der Waals surface area contributed by atoms with Crippen molar-refractivity contribution in [2.45, 2.75) is 18.7 Å². The fourth-order valence-electron chi connectivity index (χ4n) is 1.27. The molecule has 1 amide bonds. The summed E-state index contributed by atoms with van der Waals surface area (Å²) in [7, 11) is 1.61. The number of methoxy groups -OCH3 is 1. The molecule has 0 aliphatic rings. The highest BCUT2D eigenvalue weighted by atomic mass is 79.9. The number of oxazole rings is 1. The van der Waals surface area contributed by atoms with E-state index in [9.17, 15) is 4.79 Å². The number of halogens is 1. The SMILES string of the molecule is COCC(Br)CNC(=O)c1oc(C)nc1C. The Bertz CT molecular complexity index is 365. The van der Waals surface area contributed by atoms with Gasteiger partial charge in [0.1, 0.15) is 0 Å². The fraction of sp³-hybridized carbons (Fsp3) is 0.600. The van der Waals surface area contributed by atoms with Gasteiger partial charge in [-0.1, -0.05) is 15.9 Å². The third-order valence-electron chi connectivity index (χ3n) is 1.94. The Kier molecular flexibility index (Phi) is 4.95. The van der Waals surface area contributed by atoms with Gasteiger partial charge in [0.15, 0.2) is 5.89 Å². The number of hydrogen-bond donors (Lipinski definition) is 1. The highest BCUT2D eigenvalue weighted by molar-refractivity contribution is 9.09. The van der Waals surface area contributed by atoms with E-state index in [2.05, 4.69) is 26.2 Å². The summed E-state index contributed by atoms with van der Waals surface area (Å²) >= 11 is 3.38. The topological polar surface area (TPSA) is 64.4 Å². The molecule has 5 nitrogen and oxygen atoms in total. The zero-order chi connectivity index (χ0) is 12.1. The van der Waals surface area contributed by atoms with Gasteiger partial charge >= 0.3 is 0 Å². The van der Waals surface area contributed by atoms with Gasteiger partial charge in [0.05, 0.1) is 17.1 Å². The Morgan fingerprint density at radius 1 is 1.62 bits per heavy atom. The number of carbonyl (C=O) groups excluding carboxylic acids is 1. The summed E-state index contributed by atoms with van der Waals surface area (Å²) in [5.74, 6) is 0.517. The van der Waals surface area contributed by atoms with Gasteiger partial charge in [0.25, 0.3) is 5.91 Å². The lowest BCUT2D eigenvalue weighted by molar-refractivity contribution is 0.0920. The van der Waals surface area contributed by atoms with Gasteiger partial charge in [-0.3, -0.25) is 4.79 Å². The first-order valence-electron chi connectivity index (χ1n) is 4.89. The van der Waals surface area contributed by atoms with Gasteiger partial charge in [0, 0.05) is 20.6 Å². The van der Waals surface area contributed by atoms with Gasteiger partial charge in [-0.15, -0.1) is 0 Å². The lowest BCUT2D eigenvalue weighted by Gasteiger charge is -2.08. The van der Waals surface area contributed by atoms with Crippen LogP contribution in [0.1, 0.15) is 22.1 Å². The van der Waals surface area contributed by atoms with Gasteiger partial charge in [-0.05, 0) is 6.92 Å². The third kappa shape index (κ3) is 3.61. The summed E-state index contributed by atoms with van der Waals surface area (Å²) in [5.41, 5.74) is 0.605. The fourth-order valence-corrected chi connectivity index (χ4v) is 1.69. The average Bonchev–Trinajstić information content (AvgIpc) is 2.55. The van der Waals surface area contributed by atoms with Crippen molar-refractivity contribution in [3.8, 4) is 0 Å². The van der Waals surface area contributed by atoms with E-state index in [1.807, 2.05) is 0 Å². The molecule has 0 aliphatic carbocycles. The maximum absolute atomic E-state index is 11.7. The summed E-state index contributed by atoms with van der Waals surface area (Å²) in [6.07, 6.45) is 0. The molecule has 1 atom stereocenters. The molecule has 0 aromatic carbocycles. The van der Waals surface area contributed by atoms with Crippen LogP contribution in [0.4, 0.5) is 0 Å². The molecule has 0 fully saturated rings. The van der Waals surface area contributed by atoms with Gasteiger partial charge in [-0.25, -0.2) is 4.98 Å². The predicted octanol–water partition coefficient (Wildman–Crippen LogP) is 1.43. The van der Waals surface area contributed by atoms with Crippen molar-refractivity contribution >= 4 is 21.8 Å². The van der Waals surface area contributed by atoms with Crippen molar-refractivity contribution in [3.05, 3.63) is 17.3 Å². The highest BCUT2D eigenvalue weighted by Gasteiger charge is 2.16. The number of aryl methyl sites for hydroxylation is 2. The third-order valence-corrected chi connectivity index (χ3v) is 2.53. The van der Waals surface area contributed by atoms with Crippen LogP contribution in [-0.4, -0.2) is 36.0 Å². The smallest absolute Gasteiger partial charge is 0.289 e. The highest BCUT2D eigenvalue weighted by Crippen LogP contribution is 2.09. The van der Waals surface area contributed by atoms with Crippen molar-refractivity contribution in [1.82, 2.24) is 10.3 Å². The molecule has 1 N–H and O–H groups in total. The molecule has 0 spiro atoms. The van der Waals surface area contributed by atoms with E-state index in [4.69, 9.17) is 9.15 Å². The van der Waals surface area contributed by atoms with E-state index in [1.165, 1.54) is 0 Å². The van der Waals surface area contributed by atoms with Crippen molar-refractivity contribution in [1.29, 1.82) is 0 Å². The molecule has 1 aromatic heterocycles. The van der Waals surface area contributed by atoms with Crippen LogP contribution >= 0.6 is 15.9 Å². The molecule has 0 radical (unpaired) electrons. The number of amides is 1. The number of hydrogen-bond acceptors (Lipinski definition) is 4. The molecule has 1 aromatic rings. The number of aromatic nitrogens is 1. The molecule has 6 heteroatoms. The molecule has 90 valence electrons. The van der Waals surface area contributed by atoms with Gasteiger partial charge in [0.2, 0.25) is 5.76 Å². The largest absolute Gasteiger partial charge is 0.436 e. The molecule has 16 heavy (non-hydrogen) atoms. The van der Waals surface area contributed by atoms with Crippen LogP contribution in [-0.2, 0) is 4.74 Å². The summed E-state index contributed by atoms with van der Waals surface area (Å²) < 4.78 is 10.1. The van der Waals surface area contributed by atoms with Gasteiger partial charge < -0.3 is 14.5 Å². The lowest BCUT2D eigenvalue weighted by atomic mass is 10.3.